The summed E-state index contributed by atoms with van der Waals surface area (Å²) < 4.78 is 1.07. The second-order valence-corrected chi connectivity index (χ2v) is 6.00. The predicted molar refractivity (Wildman–Crippen MR) is 87.6 cm³/mol. The van der Waals surface area contributed by atoms with E-state index in [9.17, 15) is 9.90 Å². The standard InChI is InChI=1S/C17H18BrNO2/c1-19(12-13-5-4-7-15(18)11-13)10-9-14-6-2-3-8-16(14)17(20)21/h2-8,11H,9-10,12H2,1H3,(H,20,21). The van der Waals surface area contributed by atoms with Crippen LogP contribution in [-0.2, 0) is 13.0 Å². The molecule has 0 aliphatic carbocycles. The van der Waals surface area contributed by atoms with Crippen LogP contribution >= 0.6 is 15.9 Å². The molecule has 0 aliphatic heterocycles. The van der Waals surface area contributed by atoms with Crippen molar-refractivity contribution >= 4 is 21.9 Å². The highest BCUT2D eigenvalue weighted by Gasteiger charge is 2.09. The first-order chi connectivity index (χ1) is 10.1. The quantitative estimate of drug-likeness (QED) is 0.863. The van der Waals surface area contributed by atoms with Gasteiger partial charge in [-0.1, -0.05) is 46.3 Å². The topological polar surface area (TPSA) is 40.5 Å². The first-order valence-corrected chi connectivity index (χ1v) is 7.60. The van der Waals surface area contributed by atoms with Crippen molar-refractivity contribution in [2.24, 2.45) is 0 Å². The summed E-state index contributed by atoms with van der Waals surface area (Å²) >= 11 is 3.47. The Morgan fingerprint density at radius 2 is 1.95 bits per heavy atom. The maximum atomic E-state index is 11.2. The van der Waals surface area contributed by atoms with Gasteiger partial charge in [-0.05, 0) is 42.8 Å². The molecule has 0 heterocycles. The summed E-state index contributed by atoms with van der Waals surface area (Å²) in [5.41, 5.74) is 2.51. The Morgan fingerprint density at radius 1 is 1.19 bits per heavy atom. The summed E-state index contributed by atoms with van der Waals surface area (Å²) in [5, 5.41) is 9.18. The molecule has 0 amide bonds. The zero-order chi connectivity index (χ0) is 15.2. The van der Waals surface area contributed by atoms with Crippen molar-refractivity contribution in [3.05, 3.63) is 69.7 Å². The van der Waals surface area contributed by atoms with Crippen LogP contribution in [0.5, 0.6) is 0 Å². The Hall–Kier alpha value is -1.65. The van der Waals surface area contributed by atoms with Crippen molar-refractivity contribution in [2.75, 3.05) is 13.6 Å². The van der Waals surface area contributed by atoms with Crippen molar-refractivity contribution in [1.29, 1.82) is 0 Å². The van der Waals surface area contributed by atoms with Crippen molar-refractivity contribution in [3.8, 4) is 0 Å². The van der Waals surface area contributed by atoms with Crippen molar-refractivity contribution in [2.45, 2.75) is 13.0 Å². The monoisotopic (exact) mass is 347 g/mol. The molecule has 0 bridgehead atoms. The summed E-state index contributed by atoms with van der Waals surface area (Å²) in [6.45, 7) is 1.66. The molecule has 2 aromatic rings. The van der Waals surface area contributed by atoms with Crippen LogP contribution in [0.4, 0.5) is 0 Å². The molecule has 0 atom stereocenters. The second-order valence-electron chi connectivity index (χ2n) is 5.08. The van der Waals surface area contributed by atoms with E-state index in [0.717, 1.165) is 29.5 Å². The van der Waals surface area contributed by atoms with Gasteiger partial charge in [-0.25, -0.2) is 4.79 Å². The number of rotatable bonds is 6. The molecule has 2 rings (SSSR count). The number of nitrogens with zero attached hydrogens (tertiary/aromatic N) is 1. The van der Waals surface area contributed by atoms with Gasteiger partial charge in [0, 0.05) is 17.6 Å². The van der Waals surface area contributed by atoms with Crippen LogP contribution in [0.3, 0.4) is 0 Å². The smallest absolute Gasteiger partial charge is 0.335 e. The maximum Gasteiger partial charge on any atom is 0.335 e. The third-order valence-corrected chi connectivity index (χ3v) is 3.85. The Bertz CT molecular complexity index is 628. The van der Waals surface area contributed by atoms with Gasteiger partial charge in [0.1, 0.15) is 0 Å². The summed E-state index contributed by atoms with van der Waals surface area (Å²) in [6.07, 6.45) is 0.729. The zero-order valence-corrected chi connectivity index (χ0v) is 13.5. The van der Waals surface area contributed by atoms with Crippen LogP contribution in [0.25, 0.3) is 0 Å². The number of halogens is 1. The number of carboxylic acid groups (broad SMARTS) is 1. The van der Waals surface area contributed by atoms with Gasteiger partial charge in [-0.2, -0.15) is 0 Å². The number of likely N-dealkylation sites (N-methyl/N-ethyl adjacent to an activating group) is 1. The zero-order valence-electron chi connectivity index (χ0n) is 11.9. The highest BCUT2D eigenvalue weighted by Crippen LogP contribution is 2.14. The Labute approximate surface area is 133 Å². The van der Waals surface area contributed by atoms with Crippen LogP contribution in [0, 0.1) is 0 Å². The van der Waals surface area contributed by atoms with Crippen molar-refractivity contribution in [3.63, 3.8) is 0 Å². The van der Waals surface area contributed by atoms with Crippen LogP contribution in [-0.4, -0.2) is 29.6 Å². The van der Waals surface area contributed by atoms with E-state index >= 15 is 0 Å². The second kappa shape index (κ2) is 7.38. The lowest BCUT2D eigenvalue weighted by Crippen LogP contribution is -2.21. The maximum absolute atomic E-state index is 11.2. The molecule has 0 spiro atoms. The summed E-state index contributed by atoms with van der Waals surface area (Å²) in [5.74, 6) is -0.861. The normalized spacial score (nSPS) is 10.8. The lowest BCUT2D eigenvalue weighted by molar-refractivity contribution is 0.0695. The SMILES string of the molecule is CN(CCc1ccccc1C(=O)O)Cc1cccc(Br)c1. The van der Waals surface area contributed by atoms with Crippen LogP contribution in [0.15, 0.2) is 53.0 Å². The molecular weight excluding hydrogens is 330 g/mol. The molecule has 0 fully saturated rings. The fraction of sp³-hybridized carbons (Fsp3) is 0.235. The fourth-order valence-electron chi connectivity index (χ4n) is 2.28. The molecule has 110 valence electrons. The third-order valence-electron chi connectivity index (χ3n) is 3.35. The number of hydrogen-bond donors (Lipinski definition) is 1. The lowest BCUT2D eigenvalue weighted by Gasteiger charge is -2.17. The molecule has 0 saturated carbocycles. The molecule has 4 heteroatoms. The first kappa shape index (κ1) is 15.7. The average molecular weight is 348 g/mol. The predicted octanol–water partition coefficient (Wildman–Crippen LogP) is 3.82. The van der Waals surface area contributed by atoms with Gasteiger partial charge >= 0.3 is 5.97 Å². The van der Waals surface area contributed by atoms with Gasteiger partial charge in [0.05, 0.1) is 5.56 Å². The van der Waals surface area contributed by atoms with E-state index in [0.29, 0.717) is 5.56 Å². The highest BCUT2D eigenvalue weighted by atomic mass is 79.9. The minimum atomic E-state index is -0.861. The van der Waals surface area contributed by atoms with Crippen LogP contribution in [0.1, 0.15) is 21.5 Å². The van der Waals surface area contributed by atoms with Crippen LogP contribution < -0.4 is 0 Å². The van der Waals surface area contributed by atoms with Gasteiger partial charge in [-0.15, -0.1) is 0 Å². The minimum absolute atomic E-state index is 0.397. The number of carboxylic acids is 1. The Morgan fingerprint density at radius 3 is 2.67 bits per heavy atom. The largest absolute Gasteiger partial charge is 0.478 e. The molecule has 21 heavy (non-hydrogen) atoms. The first-order valence-electron chi connectivity index (χ1n) is 6.80. The molecule has 0 radical (unpaired) electrons. The van der Waals surface area contributed by atoms with Gasteiger partial charge in [0.25, 0.3) is 0 Å². The van der Waals surface area contributed by atoms with E-state index in [1.807, 2.05) is 31.3 Å². The van der Waals surface area contributed by atoms with E-state index in [1.54, 1.807) is 12.1 Å². The highest BCUT2D eigenvalue weighted by molar-refractivity contribution is 9.10. The molecule has 2 aromatic carbocycles. The Kier molecular flexibility index (Phi) is 5.53. The lowest BCUT2D eigenvalue weighted by atomic mass is 10.0. The Balaban J connectivity index is 1.95. The van der Waals surface area contributed by atoms with Gasteiger partial charge in [-0.3, -0.25) is 0 Å². The third kappa shape index (κ3) is 4.69. The number of aromatic carboxylic acids is 1. The van der Waals surface area contributed by atoms with E-state index < -0.39 is 5.97 Å². The van der Waals surface area contributed by atoms with Gasteiger partial charge < -0.3 is 10.0 Å². The average Bonchev–Trinajstić information content (AvgIpc) is 2.45. The van der Waals surface area contributed by atoms with Crippen molar-refractivity contribution in [1.82, 2.24) is 4.90 Å². The number of hydrogen-bond acceptors (Lipinski definition) is 2. The minimum Gasteiger partial charge on any atom is -0.478 e. The summed E-state index contributed by atoms with van der Waals surface area (Å²) in [6, 6.07) is 15.4. The molecule has 0 aromatic heterocycles. The molecule has 3 nitrogen and oxygen atoms in total. The number of benzene rings is 2. The fourth-order valence-corrected chi connectivity index (χ4v) is 2.73. The van der Waals surface area contributed by atoms with E-state index in [2.05, 4.69) is 33.0 Å². The molecule has 0 unspecified atom stereocenters. The number of carbonyl (C=O) groups is 1. The molecule has 0 aliphatic rings. The van der Waals surface area contributed by atoms with E-state index in [-0.39, 0.29) is 0 Å². The van der Waals surface area contributed by atoms with E-state index in [4.69, 9.17) is 0 Å². The summed E-state index contributed by atoms with van der Waals surface area (Å²) in [7, 11) is 2.05. The van der Waals surface area contributed by atoms with Gasteiger partial charge in [0.2, 0.25) is 0 Å². The summed E-state index contributed by atoms with van der Waals surface area (Å²) in [4.78, 5) is 13.4. The molecule has 1 N–H and O–H groups in total. The van der Waals surface area contributed by atoms with Crippen LogP contribution in [0.2, 0.25) is 0 Å². The molecule has 0 saturated heterocycles. The molecular formula is C17H18BrNO2. The van der Waals surface area contributed by atoms with Crippen molar-refractivity contribution < 1.29 is 9.90 Å². The van der Waals surface area contributed by atoms with E-state index in [1.165, 1.54) is 5.56 Å². The van der Waals surface area contributed by atoms with Gasteiger partial charge in [0.15, 0.2) is 0 Å².